The summed E-state index contributed by atoms with van der Waals surface area (Å²) in [4.78, 5) is 25.2. The van der Waals surface area contributed by atoms with Crippen molar-refractivity contribution in [3.63, 3.8) is 0 Å². The zero-order valence-corrected chi connectivity index (χ0v) is 9.12. The lowest BCUT2D eigenvalue weighted by Crippen LogP contribution is -2.44. The molecular formula is C8H10N4O3S. The summed E-state index contributed by atoms with van der Waals surface area (Å²) in [6, 6.07) is -0.334. The number of hydrogen-bond donors (Lipinski definition) is 2. The Kier molecular flexibility index (Phi) is 3.00. The van der Waals surface area contributed by atoms with Crippen LogP contribution in [0.15, 0.2) is 6.20 Å². The van der Waals surface area contributed by atoms with E-state index >= 15 is 0 Å². The Hall–Kier alpha value is -1.70. The molecule has 2 heterocycles. The Balaban J connectivity index is 2.02. The van der Waals surface area contributed by atoms with Crippen LogP contribution in [0.2, 0.25) is 0 Å². The summed E-state index contributed by atoms with van der Waals surface area (Å²) in [5.74, 6) is -0.0795. The van der Waals surface area contributed by atoms with Gasteiger partial charge in [0, 0.05) is 6.54 Å². The average molecular weight is 242 g/mol. The number of piperidine rings is 1. The van der Waals surface area contributed by atoms with Crippen molar-refractivity contribution >= 4 is 27.4 Å². The van der Waals surface area contributed by atoms with Crippen LogP contribution in [-0.2, 0) is 4.79 Å². The van der Waals surface area contributed by atoms with E-state index in [1.165, 1.54) is 6.20 Å². The molecule has 2 N–H and O–H groups in total. The number of hydrogen-bond acceptors (Lipinski definition) is 6. The molecule has 0 radical (unpaired) electrons. The summed E-state index contributed by atoms with van der Waals surface area (Å²) in [7, 11) is 0. The number of carbonyl (C=O) groups excluding carboxylic acids is 1. The molecule has 1 atom stereocenters. The van der Waals surface area contributed by atoms with E-state index in [1.807, 2.05) is 0 Å². The second-order valence-electron chi connectivity index (χ2n) is 3.39. The molecule has 1 aliphatic rings. The van der Waals surface area contributed by atoms with Crippen LogP contribution >= 0.6 is 11.3 Å². The van der Waals surface area contributed by atoms with E-state index < -0.39 is 4.92 Å². The van der Waals surface area contributed by atoms with Crippen LogP contribution in [0.5, 0.6) is 0 Å². The molecule has 0 spiro atoms. The van der Waals surface area contributed by atoms with E-state index in [9.17, 15) is 14.9 Å². The van der Waals surface area contributed by atoms with Gasteiger partial charge in [0.05, 0.1) is 4.92 Å². The first-order valence-corrected chi connectivity index (χ1v) is 5.63. The van der Waals surface area contributed by atoms with Gasteiger partial charge < -0.3 is 10.6 Å². The van der Waals surface area contributed by atoms with Crippen molar-refractivity contribution in [1.29, 1.82) is 0 Å². The minimum atomic E-state index is -0.496. The third kappa shape index (κ3) is 2.27. The number of rotatable bonds is 3. The van der Waals surface area contributed by atoms with Crippen LogP contribution in [0.1, 0.15) is 12.8 Å². The quantitative estimate of drug-likeness (QED) is 0.602. The topological polar surface area (TPSA) is 97.2 Å². The summed E-state index contributed by atoms with van der Waals surface area (Å²) < 4.78 is 0. The van der Waals surface area contributed by atoms with E-state index in [-0.39, 0.29) is 17.0 Å². The lowest BCUT2D eigenvalue weighted by Gasteiger charge is -2.22. The van der Waals surface area contributed by atoms with E-state index in [1.54, 1.807) is 0 Å². The Morgan fingerprint density at radius 2 is 2.50 bits per heavy atom. The number of aromatic nitrogens is 1. The number of nitrogens with one attached hydrogen (secondary N) is 2. The molecule has 1 fully saturated rings. The number of anilines is 1. The maximum Gasteiger partial charge on any atom is 0.345 e. The smallest absolute Gasteiger partial charge is 0.345 e. The van der Waals surface area contributed by atoms with Gasteiger partial charge >= 0.3 is 5.00 Å². The Morgan fingerprint density at radius 3 is 3.12 bits per heavy atom. The van der Waals surface area contributed by atoms with E-state index in [4.69, 9.17) is 0 Å². The lowest BCUT2D eigenvalue weighted by atomic mass is 10.1. The lowest BCUT2D eigenvalue weighted by molar-refractivity contribution is -0.380. The summed E-state index contributed by atoms with van der Waals surface area (Å²) in [6.07, 6.45) is 2.81. The first-order valence-electron chi connectivity index (χ1n) is 4.81. The fourth-order valence-electron chi connectivity index (χ4n) is 1.48. The Labute approximate surface area is 95.0 Å². The van der Waals surface area contributed by atoms with Gasteiger partial charge in [-0.25, -0.2) is 4.98 Å². The van der Waals surface area contributed by atoms with E-state index in [0.29, 0.717) is 11.7 Å². The SMILES string of the molecule is O=C1NCCCC1Nc1ncc([N+](=O)[O-])s1. The molecule has 0 saturated carbocycles. The third-order valence-electron chi connectivity index (χ3n) is 2.26. The molecule has 1 saturated heterocycles. The van der Waals surface area contributed by atoms with Gasteiger partial charge in [-0.05, 0) is 24.2 Å². The first kappa shape index (κ1) is 10.8. The van der Waals surface area contributed by atoms with Gasteiger partial charge in [-0.15, -0.1) is 0 Å². The van der Waals surface area contributed by atoms with E-state index in [0.717, 1.165) is 24.2 Å². The maximum absolute atomic E-state index is 11.4. The Bertz CT molecular complexity index is 419. The maximum atomic E-state index is 11.4. The van der Waals surface area contributed by atoms with Crippen LogP contribution in [0, 0.1) is 10.1 Å². The average Bonchev–Trinajstić information content (AvgIpc) is 2.70. The molecule has 1 amide bonds. The van der Waals surface area contributed by atoms with Crippen LogP contribution in [-0.4, -0.2) is 28.4 Å². The van der Waals surface area contributed by atoms with Crippen LogP contribution in [0.3, 0.4) is 0 Å². The van der Waals surface area contributed by atoms with Gasteiger partial charge in [0.1, 0.15) is 12.2 Å². The highest BCUT2D eigenvalue weighted by atomic mass is 32.1. The molecule has 8 heteroatoms. The van der Waals surface area contributed by atoms with Crippen molar-refractivity contribution in [1.82, 2.24) is 10.3 Å². The molecule has 0 bridgehead atoms. The van der Waals surface area contributed by atoms with Gasteiger partial charge in [0.25, 0.3) is 0 Å². The highest BCUT2D eigenvalue weighted by Gasteiger charge is 2.23. The molecule has 86 valence electrons. The summed E-state index contributed by atoms with van der Waals surface area (Å²) >= 11 is 0.935. The van der Waals surface area contributed by atoms with Gasteiger partial charge in [0.15, 0.2) is 5.13 Å². The highest BCUT2D eigenvalue weighted by Crippen LogP contribution is 2.26. The van der Waals surface area contributed by atoms with E-state index in [2.05, 4.69) is 15.6 Å². The van der Waals surface area contributed by atoms with Crippen molar-refractivity contribution in [2.24, 2.45) is 0 Å². The number of nitrogens with zero attached hydrogens (tertiary/aromatic N) is 2. The largest absolute Gasteiger partial charge is 0.354 e. The predicted octanol–water partition coefficient (Wildman–Crippen LogP) is 0.742. The predicted molar refractivity (Wildman–Crippen MR) is 58.4 cm³/mol. The third-order valence-corrected chi connectivity index (χ3v) is 3.14. The summed E-state index contributed by atoms with van der Waals surface area (Å²) in [6.45, 7) is 0.690. The number of nitro groups is 1. The van der Waals surface area contributed by atoms with Gasteiger partial charge in [-0.3, -0.25) is 14.9 Å². The molecule has 0 aromatic carbocycles. The zero-order valence-electron chi connectivity index (χ0n) is 8.30. The fourth-order valence-corrected chi connectivity index (χ4v) is 2.16. The van der Waals surface area contributed by atoms with Crippen molar-refractivity contribution < 1.29 is 9.72 Å². The van der Waals surface area contributed by atoms with Crippen molar-refractivity contribution in [2.75, 3.05) is 11.9 Å². The minimum absolute atomic E-state index is 0.0290. The van der Waals surface area contributed by atoms with Crippen molar-refractivity contribution in [3.05, 3.63) is 16.3 Å². The highest BCUT2D eigenvalue weighted by molar-refractivity contribution is 7.18. The fraction of sp³-hybridized carbons (Fsp3) is 0.500. The van der Waals surface area contributed by atoms with Gasteiger partial charge in [-0.2, -0.15) is 0 Å². The molecule has 1 aromatic rings. The number of carbonyl (C=O) groups is 1. The van der Waals surface area contributed by atoms with Crippen LogP contribution in [0.4, 0.5) is 10.1 Å². The van der Waals surface area contributed by atoms with Gasteiger partial charge in [-0.1, -0.05) is 0 Å². The second-order valence-corrected chi connectivity index (χ2v) is 4.40. The molecule has 1 aliphatic heterocycles. The van der Waals surface area contributed by atoms with Crippen molar-refractivity contribution in [3.8, 4) is 0 Å². The Morgan fingerprint density at radius 1 is 1.69 bits per heavy atom. The van der Waals surface area contributed by atoms with Crippen molar-refractivity contribution in [2.45, 2.75) is 18.9 Å². The number of amides is 1. The molecule has 0 aliphatic carbocycles. The zero-order chi connectivity index (χ0) is 11.5. The van der Waals surface area contributed by atoms with Gasteiger partial charge in [0.2, 0.25) is 5.91 Å². The minimum Gasteiger partial charge on any atom is -0.354 e. The van der Waals surface area contributed by atoms with Crippen LogP contribution in [0.25, 0.3) is 0 Å². The molecule has 7 nitrogen and oxygen atoms in total. The molecule has 16 heavy (non-hydrogen) atoms. The molecule has 1 aromatic heterocycles. The molecule has 1 unspecified atom stereocenters. The van der Waals surface area contributed by atoms with Crippen LogP contribution < -0.4 is 10.6 Å². The standard InChI is InChI=1S/C8H10N4O3S/c13-7-5(2-1-3-9-7)11-8-10-4-6(16-8)12(14)15/h4-5H,1-3H2,(H,9,13)(H,10,11). The normalized spacial score (nSPS) is 20.2. The molecular weight excluding hydrogens is 232 g/mol. The monoisotopic (exact) mass is 242 g/mol. The summed E-state index contributed by atoms with van der Waals surface area (Å²) in [5, 5.41) is 16.4. The second kappa shape index (κ2) is 4.44. The molecule has 2 rings (SSSR count). The number of thiazole rings is 1. The summed E-state index contributed by atoms with van der Waals surface area (Å²) in [5.41, 5.74) is 0. The first-order chi connectivity index (χ1) is 7.66.